The highest BCUT2D eigenvalue weighted by atomic mass is 35.5. The van der Waals surface area contributed by atoms with E-state index in [1.165, 1.54) is 0 Å². The lowest BCUT2D eigenvalue weighted by molar-refractivity contribution is 0.398. The van der Waals surface area contributed by atoms with Gasteiger partial charge in [-0.25, -0.2) is 4.98 Å². The molecule has 156 valence electrons. The molecule has 0 unspecified atom stereocenters. The van der Waals surface area contributed by atoms with E-state index in [9.17, 15) is 5.26 Å². The second-order valence-corrected chi connectivity index (χ2v) is 7.64. The van der Waals surface area contributed by atoms with Crippen LogP contribution in [-0.4, -0.2) is 26.2 Å². The number of hydrogen-bond donors (Lipinski definition) is 0. The lowest BCUT2D eigenvalue weighted by Gasteiger charge is -2.09. The Bertz CT molecular complexity index is 1590. The van der Waals surface area contributed by atoms with Crippen LogP contribution in [0, 0.1) is 11.5 Å². The van der Waals surface area contributed by atoms with Crippen LogP contribution in [0.2, 0.25) is 5.02 Å². The standard InChI is InChI=1S/C24H17ClN6O/c1-30-21-13-27-20-8-6-16(15-4-3-5-17(25)10-15)11-19(20)23(21)31(24(30)29-14-26)18-7-9-22(32-2)28-12-18/h3-13H,1-2H3/b29-24-. The summed E-state index contributed by atoms with van der Waals surface area (Å²) in [5.41, 5.74) is 5.78. The molecule has 2 aromatic carbocycles. The molecule has 0 aliphatic rings. The number of aromatic nitrogens is 4. The monoisotopic (exact) mass is 440 g/mol. The third-order valence-corrected chi connectivity index (χ3v) is 5.64. The van der Waals surface area contributed by atoms with Crippen molar-refractivity contribution >= 4 is 33.5 Å². The number of fused-ring (bicyclic) bond motifs is 3. The molecule has 0 aliphatic heterocycles. The van der Waals surface area contributed by atoms with Crippen molar-refractivity contribution in [3.05, 3.63) is 77.6 Å². The van der Waals surface area contributed by atoms with Crippen molar-refractivity contribution in [3.8, 4) is 28.9 Å². The van der Waals surface area contributed by atoms with E-state index >= 15 is 0 Å². The minimum absolute atomic E-state index is 0.469. The fourth-order valence-electron chi connectivity index (χ4n) is 3.89. The van der Waals surface area contributed by atoms with Gasteiger partial charge in [0.15, 0.2) is 0 Å². The number of rotatable bonds is 3. The first-order valence-electron chi connectivity index (χ1n) is 9.80. The van der Waals surface area contributed by atoms with E-state index in [0.29, 0.717) is 16.5 Å². The summed E-state index contributed by atoms with van der Waals surface area (Å²) in [6, 6.07) is 17.5. The predicted octanol–water partition coefficient (Wildman–Crippen LogP) is 4.62. The maximum absolute atomic E-state index is 9.35. The second kappa shape index (κ2) is 7.84. The lowest BCUT2D eigenvalue weighted by Crippen LogP contribution is -2.22. The van der Waals surface area contributed by atoms with E-state index in [4.69, 9.17) is 16.3 Å². The molecule has 0 bridgehead atoms. The van der Waals surface area contributed by atoms with Crippen LogP contribution in [0.25, 0.3) is 38.8 Å². The van der Waals surface area contributed by atoms with Crippen molar-refractivity contribution in [2.45, 2.75) is 0 Å². The number of ether oxygens (including phenoxy) is 1. The number of pyridine rings is 2. The number of nitriles is 1. The number of aryl methyl sites for hydroxylation is 1. The fraction of sp³-hybridized carbons (Fsp3) is 0.0833. The van der Waals surface area contributed by atoms with Gasteiger partial charge in [0.2, 0.25) is 17.7 Å². The Kier molecular flexibility index (Phi) is 4.85. The molecule has 0 aliphatic carbocycles. The molecule has 5 aromatic rings. The molecule has 3 aromatic heterocycles. The summed E-state index contributed by atoms with van der Waals surface area (Å²) in [6.07, 6.45) is 5.40. The van der Waals surface area contributed by atoms with E-state index in [0.717, 1.165) is 38.8 Å². The summed E-state index contributed by atoms with van der Waals surface area (Å²) >= 11 is 6.22. The van der Waals surface area contributed by atoms with E-state index in [1.54, 1.807) is 25.6 Å². The van der Waals surface area contributed by atoms with Gasteiger partial charge in [0.25, 0.3) is 0 Å². The van der Waals surface area contributed by atoms with Gasteiger partial charge < -0.3 is 9.30 Å². The minimum atomic E-state index is 0.469. The minimum Gasteiger partial charge on any atom is -0.481 e. The molecule has 0 saturated carbocycles. The van der Waals surface area contributed by atoms with Gasteiger partial charge in [-0.05, 0) is 41.5 Å². The molecule has 0 fully saturated rings. The summed E-state index contributed by atoms with van der Waals surface area (Å²) < 4.78 is 8.96. The Morgan fingerprint density at radius 2 is 1.88 bits per heavy atom. The number of benzene rings is 2. The summed E-state index contributed by atoms with van der Waals surface area (Å²) in [7, 11) is 3.43. The summed E-state index contributed by atoms with van der Waals surface area (Å²) in [5.74, 6) is 0.503. The molecule has 0 radical (unpaired) electrons. The van der Waals surface area contributed by atoms with Gasteiger partial charge in [0.1, 0.15) is 0 Å². The molecule has 7 nitrogen and oxygen atoms in total. The summed E-state index contributed by atoms with van der Waals surface area (Å²) in [4.78, 5) is 13.1. The first-order valence-corrected chi connectivity index (χ1v) is 10.2. The third kappa shape index (κ3) is 3.18. The van der Waals surface area contributed by atoms with Gasteiger partial charge in [-0.2, -0.15) is 5.26 Å². The molecule has 0 amide bonds. The topological polar surface area (TPSA) is 81.0 Å². The van der Waals surface area contributed by atoms with E-state index in [1.807, 2.05) is 64.8 Å². The van der Waals surface area contributed by atoms with Crippen molar-refractivity contribution in [3.63, 3.8) is 0 Å². The van der Waals surface area contributed by atoms with Gasteiger partial charge in [0.05, 0.1) is 41.7 Å². The molecule has 3 heterocycles. The highest BCUT2D eigenvalue weighted by Crippen LogP contribution is 2.30. The highest BCUT2D eigenvalue weighted by Gasteiger charge is 2.16. The third-order valence-electron chi connectivity index (χ3n) is 5.40. The van der Waals surface area contributed by atoms with Gasteiger partial charge in [-0.3, -0.25) is 9.55 Å². The first-order chi connectivity index (χ1) is 15.6. The normalized spacial score (nSPS) is 11.8. The largest absolute Gasteiger partial charge is 0.481 e. The highest BCUT2D eigenvalue weighted by molar-refractivity contribution is 6.30. The van der Waals surface area contributed by atoms with Crippen LogP contribution in [0.15, 0.2) is 72.0 Å². The zero-order valence-electron chi connectivity index (χ0n) is 17.3. The smallest absolute Gasteiger partial charge is 0.226 e. The van der Waals surface area contributed by atoms with Crippen LogP contribution in [0.4, 0.5) is 0 Å². The van der Waals surface area contributed by atoms with Crippen LogP contribution in [-0.2, 0) is 7.05 Å². The molecule has 5 rings (SSSR count). The van der Waals surface area contributed by atoms with Crippen molar-refractivity contribution in [1.82, 2.24) is 19.1 Å². The van der Waals surface area contributed by atoms with Gasteiger partial charge in [0, 0.05) is 23.5 Å². The van der Waals surface area contributed by atoms with Crippen LogP contribution in [0.1, 0.15) is 0 Å². The first kappa shape index (κ1) is 19.8. The number of halogens is 1. The molecular formula is C24H17ClN6O. The Labute approximate surface area is 188 Å². The average Bonchev–Trinajstić information content (AvgIpc) is 3.11. The van der Waals surface area contributed by atoms with Crippen LogP contribution in [0.5, 0.6) is 5.88 Å². The quantitative estimate of drug-likeness (QED) is 0.383. The molecule has 32 heavy (non-hydrogen) atoms. The van der Waals surface area contributed by atoms with Crippen molar-refractivity contribution in [1.29, 1.82) is 5.26 Å². The molecule has 0 atom stereocenters. The lowest BCUT2D eigenvalue weighted by atomic mass is 10.0. The molecule has 8 heteroatoms. The van der Waals surface area contributed by atoms with Gasteiger partial charge in [-0.15, -0.1) is 4.99 Å². The van der Waals surface area contributed by atoms with Crippen LogP contribution >= 0.6 is 11.6 Å². The zero-order chi connectivity index (χ0) is 22.2. The number of hydrogen-bond acceptors (Lipinski definition) is 5. The predicted molar refractivity (Wildman–Crippen MR) is 124 cm³/mol. The average molecular weight is 441 g/mol. The summed E-state index contributed by atoms with van der Waals surface area (Å²) in [5, 5.41) is 10.9. The number of nitrogens with zero attached hydrogens (tertiary/aromatic N) is 6. The van der Waals surface area contributed by atoms with E-state index in [2.05, 4.69) is 21.0 Å². The number of methoxy groups -OCH3 is 1. The van der Waals surface area contributed by atoms with Crippen molar-refractivity contribution in [2.24, 2.45) is 12.0 Å². The SMILES string of the molecule is COc1ccc(-n2/c(=N\C#N)n(C)c3cnc4ccc(-c5cccc(Cl)c5)cc4c32)cn1. The Balaban J connectivity index is 1.89. The maximum Gasteiger partial charge on any atom is 0.226 e. The molecular weight excluding hydrogens is 424 g/mol. The van der Waals surface area contributed by atoms with E-state index < -0.39 is 0 Å². The van der Waals surface area contributed by atoms with Crippen LogP contribution < -0.4 is 10.4 Å². The Morgan fingerprint density at radius 1 is 1.03 bits per heavy atom. The molecule has 0 spiro atoms. The number of imidazole rings is 1. The summed E-state index contributed by atoms with van der Waals surface area (Å²) in [6.45, 7) is 0. The second-order valence-electron chi connectivity index (χ2n) is 7.20. The zero-order valence-corrected chi connectivity index (χ0v) is 18.1. The fourth-order valence-corrected chi connectivity index (χ4v) is 4.08. The molecule has 0 N–H and O–H groups in total. The maximum atomic E-state index is 9.35. The Morgan fingerprint density at radius 3 is 2.59 bits per heavy atom. The van der Waals surface area contributed by atoms with Crippen molar-refractivity contribution < 1.29 is 4.74 Å². The van der Waals surface area contributed by atoms with E-state index in [-0.39, 0.29) is 0 Å². The van der Waals surface area contributed by atoms with Gasteiger partial charge >= 0.3 is 0 Å². The van der Waals surface area contributed by atoms with Crippen LogP contribution in [0.3, 0.4) is 0 Å². The van der Waals surface area contributed by atoms with Crippen molar-refractivity contribution in [2.75, 3.05) is 7.11 Å². The molecule has 0 saturated heterocycles. The van der Waals surface area contributed by atoms with Gasteiger partial charge in [-0.1, -0.05) is 29.8 Å². The Hall–Kier alpha value is -4.15.